The largest absolute Gasteiger partial charge is 0.445 e. The third kappa shape index (κ3) is 11.2. The number of aliphatic hydroxyl groups is 1. The fraction of sp³-hybridized carbons (Fsp3) is 0.448. The molecule has 4 amide bonds. The maximum absolute atomic E-state index is 13.0. The van der Waals surface area contributed by atoms with Crippen molar-refractivity contribution in [3.05, 3.63) is 71.8 Å². The van der Waals surface area contributed by atoms with E-state index in [1.54, 1.807) is 26.0 Å². The monoisotopic (exact) mass is 540 g/mol. The molecule has 2 aromatic carbocycles. The Labute approximate surface area is 229 Å². The lowest BCUT2D eigenvalue weighted by atomic mass is 10.0. The quantitative estimate of drug-likeness (QED) is 0.249. The molecule has 39 heavy (non-hydrogen) atoms. The van der Waals surface area contributed by atoms with Crippen LogP contribution in [0.1, 0.15) is 45.2 Å². The van der Waals surface area contributed by atoms with Crippen molar-refractivity contribution in [2.45, 2.75) is 65.4 Å². The number of amides is 4. The Morgan fingerprint density at radius 3 is 1.85 bits per heavy atom. The molecule has 0 aliphatic rings. The smallest absolute Gasteiger partial charge is 0.408 e. The second-order valence-electron chi connectivity index (χ2n) is 10.1. The average Bonchev–Trinajstić information content (AvgIpc) is 2.92. The third-order valence-electron chi connectivity index (χ3n) is 5.90. The lowest BCUT2D eigenvalue weighted by Crippen LogP contribution is -2.58. The van der Waals surface area contributed by atoms with Gasteiger partial charge in [-0.2, -0.15) is 0 Å². The molecule has 0 saturated carbocycles. The Kier molecular flexibility index (Phi) is 12.9. The van der Waals surface area contributed by atoms with Gasteiger partial charge in [-0.25, -0.2) is 4.79 Å². The first-order valence-corrected chi connectivity index (χ1v) is 13.1. The van der Waals surface area contributed by atoms with E-state index in [4.69, 9.17) is 4.74 Å². The zero-order valence-corrected chi connectivity index (χ0v) is 23.0. The van der Waals surface area contributed by atoms with E-state index in [0.717, 1.165) is 11.1 Å². The summed E-state index contributed by atoms with van der Waals surface area (Å²) in [5.41, 5.74) is 1.70. The number of nitrogens with one attached hydrogen (secondary N) is 4. The topological polar surface area (TPSA) is 146 Å². The summed E-state index contributed by atoms with van der Waals surface area (Å²) in [5.74, 6) is -1.98. The minimum atomic E-state index is -1.32. The van der Waals surface area contributed by atoms with Gasteiger partial charge in [0.25, 0.3) is 0 Å². The molecule has 2 aromatic rings. The lowest BCUT2D eigenvalue weighted by molar-refractivity contribution is -0.134. The van der Waals surface area contributed by atoms with E-state index in [-0.39, 0.29) is 24.3 Å². The zero-order chi connectivity index (χ0) is 28.8. The van der Waals surface area contributed by atoms with Crippen molar-refractivity contribution in [1.29, 1.82) is 0 Å². The maximum Gasteiger partial charge on any atom is 0.408 e. The fourth-order valence-electron chi connectivity index (χ4n) is 3.77. The number of alkyl carbamates (subject to hydrolysis) is 1. The minimum absolute atomic E-state index is 0.0321. The Morgan fingerprint density at radius 2 is 1.31 bits per heavy atom. The molecule has 5 N–H and O–H groups in total. The molecule has 0 aliphatic heterocycles. The normalized spacial score (nSPS) is 13.2. The van der Waals surface area contributed by atoms with Gasteiger partial charge in [-0.05, 0) is 29.4 Å². The van der Waals surface area contributed by atoms with E-state index < -0.39 is 42.6 Å². The second kappa shape index (κ2) is 16.1. The third-order valence-corrected chi connectivity index (χ3v) is 5.90. The van der Waals surface area contributed by atoms with Crippen LogP contribution in [-0.2, 0) is 32.3 Å². The standard InChI is InChI=1S/C29H40N4O6/c1-19(2)15-23(26(35)30-16-21-11-7-5-8-12-21)31-27(36)24(17-34)32-28(37)25(20(3)4)33-29(38)39-18-22-13-9-6-10-14-22/h5-14,19-20,23-25,34H,15-18H2,1-4H3,(H,30,35)(H,31,36)(H,32,37)(H,33,38)/t23-,24-,25-/m0/s1. The van der Waals surface area contributed by atoms with Gasteiger partial charge in [0, 0.05) is 6.54 Å². The van der Waals surface area contributed by atoms with E-state index in [1.807, 2.05) is 62.4 Å². The number of carbonyl (C=O) groups is 4. The highest BCUT2D eigenvalue weighted by Crippen LogP contribution is 2.08. The summed E-state index contributed by atoms with van der Waals surface area (Å²) in [4.78, 5) is 51.1. The number of benzene rings is 2. The second-order valence-corrected chi connectivity index (χ2v) is 10.1. The summed E-state index contributed by atoms with van der Waals surface area (Å²) in [6.07, 6.45) is -0.424. The molecule has 0 heterocycles. The van der Waals surface area contributed by atoms with Crippen LogP contribution in [-0.4, -0.2) is 53.7 Å². The summed E-state index contributed by atoms with van der Waals surface area (Å²) in [6.45, 7) is 6.93. The minimum Gasteiger partial charge on any atom is -0.445 e. The van der Waals surface area contributed by atoms with Crippen LogP contribution in [0.15, 0.2) is 60.7 Å². The molecule has 0 fully saturated rings. The number of ether oxygens (including phenoxy) is 1. The van der Waals surface area contributed by atoms with Gasteiger partial charge in [-0.15, -0.1) is 0 Å². The summed E-state index contributed by atoms with van der Waals surface area (Å²) < 4.78 is 5.21. The van der Waals surface area contributed by atoms with Crippen molar-refractivity contribution in [2.75, 3.05) is 6.61 Å². The highest BCUT2D eigenvalue weighted by atomic mass is 16.5. The van der Waals surface area contributed by atoms with Gasteiger partial charge >= 0.3 is 6.09 Å². The van der Waals surface area contributed by atoms with Gasteiger partial charge < -0.3 is 31.1 Å². The van der Waals surface area contributed by atoms with E-state index in [2.05, 4.69) is 21.3 Å². The van der Waals surface area contributed by atoms with Crippen molar-refractivity contribution in [1.82, 2.24) is 21.3 Å². The first-order chi connectivity index (χ1) is 18.6. The van der Waals surface area contributed by atoms with Crippen LogP contribution in [0, 0.1) is 11.8 Å². The molecule has 0 unspecified atom stereocenters. The zero-order valence-electron chi connectivity index (χ0n) is 23.0. The molecule has 3 atom stereocenters. The van der Waals surface area contributed by atoms with Crippen molar-refractivity contribution in [3.8, 4) is 0 Å². The van der Waals surface area contributed by atoms with Crippen LogP contribution in [0.2, 0.25) is 0 Å². The van der Waals surface area contributed by atoms with Crippen LogP contribution in [0.4, 0.5) is 4.79 Å². The molecular weight excluding hydrogens is 500 g/mol. The highest BCUT2D eigenvalue weighted by Gasteiger charge is 2.31. The maximum atomic E-state index is 13.0. The number of hydrogen-bond donors (Lipinski definition) is 5. The van der Waals surface area contributed by atoms with Crippen LogP contribution >= 0.6 is 0 Å². The van der Waals surface area contributed by atoms with Gasteiger partial charge in [0.05, 0.1) is 6.61 Å². The molecule has 0 spiro atoms. The summed E-state index contributed by atoms with van der Waals surface area (Å²) >= 11 is 0. The van der Waals surface area contributed by atoms with Gasteiger partial charge in [0.1, 0.15) is 24.7 Å². The van der Waals surface area contributed by atoms with Crippen molar-refractivity contribution in [2.24, 2.45) is 11.8 Å². The molecule has 0 bridgehead atoms. The number of rotatable bonds is 14. The van der Waals surface area contributed by atoms with Crippen molar-refractivity contribution in [3.63, 3.8) is 0 Å². The predicted octanol–water partition coefficient (Wildman–Crippen LogP) is 2.26. The number of aliphatic hydroxyl groups excluding tert-OH is 1. The van der Waals surface area contributed by atoms with Gasteiger partial charge in [-0.3, -0.25) is 14.4 Å². The van der Waals surface area contributed by atoms with Crippen molar-refractivity contribution < 1.29 is 29.0 Å². The predicted molar refractivity (Wildman–Crippen MR) is 147 cm³/mol. The van der Waals surface area contributed by atoms with E-state index >= 15 is 0 Å². The summed E-state index contributed by atoms with van der Waals surface area (Å²) in [5, 5.41) is 20.3. The van der Waals surface area contributed by atoms with Gasteiger partial charge in [0.15, 0.2) is 0 Å². The summed E-state index contributed by atoms with van der Waals surface area (Å²) in [6, 6.07) is 15.3. The average molecular weight is 541 g/mol. The van der Waals surface area contributed by atoms with Crippen LogP contribution in [0.5, 0.6) is 0 Å². The van der Waals surface area contributed by atoms with Crippen LogP contribution < -0.4 is 21.3 Å². The molecule has 212 valence electrons. The van der Waals surface area contributed by atoms with Gasteiger partial charge in [0.2, 0.25) is 17.7 Å². The number of hydrogen-bond acceptors (Lipinski definition) is 6. The summed E-state index contributed by atoms with van der Waals surface area (Å²) in [7, 11) is 0. The molecule has 10 nitrogen and oxygen atoms in total. The van der Waals surface area contributed by atoms with Crippen molar-refractivity contribution >= 4 is 23.8 Å². The fourth-order valence-corrected chi connectivity index (χ4v) is 3.77. The Hall–Kier alpha value is -3.92. The number of carbonyl (C=O) groups excluding carboxylic acids is 4. The molecule has 0 radical (unpaired) electrons. The Bertz CT molecular complexity index is 1060. The highest BCUT2D eigenvalue weighted by molar-refractivity contribution is 5.94. The van der Waals surface area contributed by atoms with Crippen LogP contribution in [0.25, 0.3) is 0 Å². The lowest BCUT2D eigenvalue weighted by Gasteiger charge is -2.26. The van der Waals surface area contributed by atoms with E-state index in [1.165, 1.54) is 0 Å². The first-order valence-electron chi connectivity index (χ1n) is 13.1. The first kappa shape index (κ1) is 31.3. The molecule has 0 aromatic heterocycles. The van der Waals surface area contributed by atoms with Crippen LogP contribution in [0.3, 0.4) is 0 Å². The molecule has 0 aliphatic carbocycles. The van der Waals surface area contributed by atoms with E-state index in [9.17, 15) is 24.3 Å². The Balaban J connectivity index is 1.97. The molecule has 0 saturated heterocycles. The molecular formula is C29H40N4O6. The Morgan fingerprint density at radius 1 is 0.744 bits per heavy atom. The SMILES string of the molecule is CC(C)C[C@H](NC(=O)[C@H](CO)NC(=O)[C@@H](NC(=O)OCc1ccccc1)C(C)C)C(=O)NCc1ccccc1. The molecule has 10 heteroatoms. The van der Waals surface area contributed by atoms with Gasteiger partial charge in [-0.1, -0.05) is 88.4 Å². The van der Waals surface area contributed by atoms with E-state index in [0.29, 0.717) is 13.0 Å². The molecule has 2 rings (SSSR count).